The molecule has 0 saturated carbocycles. The van der Waals surface area contributed by atoms with Crippen LogP contribution in [-0.4, -0.2) is 36.5 Å². The van der Waals surface area contributed by atoms with E-state index in [0.717, 1.165) is 38.9 Å². The second kappa shape index (κ2) is 4.13. The first-order valence-corrected chi connectivity index (χ1v) is 5.45. The Bertz CT molecular complexity index is 254. The largest absolute Gasteiger partial charge is 0.337 e. The van der Waals surface area contributed by atoms with Crippen molar-refractivity contribution < 1.29 is 4.79 Å². The summed E-state index contributed by atoms with van der Waals surface area (Å²) in [4.78, 5) is 14.0. The molecule has 0 bridgehead atoms. The second-order valence-corrected chi connectivity index (χ2v) is 4.25. The minimum Gasteiger partial charge on any atom is -0.337 e. The molecule has 78 valence electrons. The van der Waals surface area contributed by atoms with E-state index in [2.05, 4.69) is 18.3 Å². The fourth-order valence-electron chi connectivity index (χ4n) is 2.22. The summed E-state index contributed by atoms with van der Waals surface area (Å²) in [7, 11) is 0. The second-order valence-electron chi connectivity index (χ2n) is 4.25. The summed E-state index contributed by atoms with van der Waals surface area (Å²) in [6, 6.07) is 0.0981. The highest BCUT2D eigenvalue weighted by Crippen LogP contribution is 2.13. The van der Waals surface area contributed by atoms with Gasteiger partial charge in [0.15, 0.2) is 0 Å². The molecule has 0 aliphatic carbocycles. The van der Waals surface area contributed by atoms with Crippen molar-refractivity contribution in [2.45, 2.75) is 32.2 Å². The summed E-state index contributed by atoms with van der Waals surface area (Å²) in [5, 5.41) is 3.26. The standard InChI is InChI=1S/C11H18N2O/c1-9-4-3-7-13(8-9)11(14)10-5-2-6-12-10/h4,10,12H,2-3,5-8H2,1H3. The SMILES string of the molecule is CC1=CCCN(C(=O)C2CCCN2)C1. The van der Waals surface area contributed by atoms with Gasteiger partial charge in [-0.2, -0.15) is 0 Å². The van der Waals surface area contributed by atoms with Gasteiger partial charge in [-0.25, -0.2) is 0 Å². The van der Waals surface area contributed by atoms with Crippen LogP contribution in [0.15, 0.2) is 11.6 Å². The number of amides is 1. The van der Waals surface area contributed by atoms with E-state index >= 15 is 0 Å². The molecule has 1 atom stereocenters. The molecule has 0 aromatic heterocycles. The van der Waals surface area contributed by atoms with E-state index in [0.29, 0.717) is 5.91 Å². The van der Waals surface area contributed by atoms with Gasteiger partial charge in [0.1, 0.15) is 0 Å². The summed E-state index contributed by atoms with van der Waals surface area (Å²) < 4.78 is 0. The van der Waals surface area contributed by atoms with E-state index in [1.807, 2.05) is 4.90 Å². The zero-order valence-corrected chi connectivity index (χ0v) is 8.75. The quantitative estimate of drug-likeness (QED) is 0.629. The Kier molecular flexibility index (Phi) is 2.87. The maximum Gasteiger partial charge on any atom is 0.240 e. The van der Waals surface area contributed by atoms with Crippen LogP contribution in [0, 0.1) is 0 Å². The number of hydrogen-bond acceptors (Lipinski definition) is 2. The molecule has 2 aliphatic heterocycles. The first-order chi connectivity index (χ1) is 6.77. The fourth-order valence-corrected chi connectivity index (χ4v) is 2.22. The molecule has 14 heavy (non-hydrogen) atoms. The third-order valence-corrected chi connectivity index (χ3v) is 3.00. The van der Waals surface area contributed by atoms with Crippen molar-refractivity contribution in [3.8, 4) is 0 Å². The number of rotatable bonds is 1. The molecule has 0 radical (unpaired) electrons. The average Bonchev–Trinajstić information content (AvgIpc) is 2.69. The van der Waals surface area contributed by atoms with Gasteiger partial charge < -0.3 is 10.2 Å². The Morgan fingerprint density at radius 1 is 1.64 bits per heavy atom. The maximum atomic E-state index is 12.0. The smallest absolute Gasteiger partial charge is 0.240 e. The van der Waals surface area contributed by atoms with Gasteiger partial charge >= 0.3 is 0 Å². The Morgan fingerprint density at radius 2 is 2.50 bits per heavy atom. The van der Waals surface area contributed by atoms with Gasteiger partial charge in [0, 0.05) is 13.1 Å². The van der Waals surface area contributed by atoms with Crippen molar-refractivity contribution in [1.29, 1.82) is 0 Å². The normalized spacial score (nSPS) is 27.6. The van der Waals surface area contributed by atoms with E-state index in [1.165, 1.54) is 5.57 Å². The lowest BCUT2D eigenvalue weighted by Gasteiger charge is -2.28. The van der Waals surface area contributed by atoms with Crippen molar-refractivity contribution in [3.63, 3.8) is 0 Å². The van der Waals surface area contributed by atoms with E-state index in [9.17, 15) is 4.79 Å². The zero-order valence-electron chi connectivity index (χ0n) is 8.75. The van der Waals surface area contributed by atoms with Crippen LogP contribution in [0.1, 0.15) is 26.2 Å². The van der Waals surface area contributed by atoms with Crippen molar-refractivity contribution in [2.24, 2.45) is 0 Å². The van der Waals surface area contributed by atoms with Crippen LogP contribution in [0.4, 0.5) is 0 Å². The highest BCUT2D eigenvalue weighted by Gasteiger charge is 2.27. The molecule has 0 aromatic carbocycles. The molecule has 1 fully saturated rings. The lowest BCUT2D eigenvalue weighted by Crippen LogP contribution is -2.45. The van der Waals surface area contributed by atoms with Crippen LogP contribution in [-0.2, 0) is 4.79 Å². The topological polar surface area (TPSA) is 32.3 Å². The van der Waals surface area contributed by atoms with Gasteiger partial charge in [-0.15, -0.1) is 0 Å². The molecule has 1 N–H and O–H groups in total. The summed E-state index contributed by atoms with van der Waals surface area (Å²) >= 11 is 0. The van der Waals surface area contributed by atoms with E-state index in [4.69, 9.17) is 0 Å². The van der Waals surface area contributed by atoms with Crippen LogP contribution in [0.2, 0.25) is 0 Å². The van der Waals surface area contributed by atoms with Crippen LogP contribution in [0.3, 0.4) is 0 Å². The van der Waals surface area contributed by atoms with Gasteiger partial charge in [-0.1, -0.05) is 11.6 Å². The number of nitrogens with one attached hydrogen (secondary N) is 1. The molecule has 3 nitrogen and oxygen atoms in total. The zero-order chi connectivity index (χ0) is 9.97. The molecular weight excluding hydrogens is 176 g/mol. The van der Waals surface area contributed by atoms with E-state index < -0.39 is 0 Å². The summed E-state index contributed by atoms with van der Waals surface area (Å²) in [6.07, 6.45) is 5.40. The van der Waals surface area contributed by atoms with Crippen molar-refractivity contribution >= 4 is 5.91 Å². The van der Waals surface area contributed by atoms with Gasteiger partial charge in [-0.05, 0) is 32.7 Å². The van der Waals surface area contributed by atoms with Gasteiger partial charge in [0.2, 0.25) is 5.91 Å². The van der Waals surface area contributed by atoms with Crippen molar-refractivity contribution in [1.82, 2.24) is 10.2 Å². The Balaban J connectivity index is 1.94. The van der Waals surface area contributed by atoms with Gasteiger partial charge in [0.05, 0.1) is 6.04 Å². The first kappa shape index (κ1) is 9.71. The predicted molar refractivity (Wildman–Crippen MR) is 56.0 cm³/mol. The molecule has 2 aliphatic rings. The molecule has 2 rings (SSSR count). The van der Waals surface area contributed by atoms with Gasteiger partial charge in [0.25, 0.3) is 0 Å². The maximum absolute atomic E-state index is 12.0. The van der Waals surface area contributed by atoms with Crippen molar-refractivity contribution in [3.05, 3.63) is 11.6 Å². The van der Waals surface area contributed by atoms with Crippen LogP contribution < -0.4 is 5.32 Å². The third-order valence-electron chi connectivity index (χ3n) is 3.00. The number of carbonyl (C=O) groups excluding carboxylic acids is 1. The molecule has 0 aromatic rings. The van der Waals surface area contributed by atoms with Gasteiger partial charge in [-0.3, -0.25) is 4.79 Å². The lowest BCUT2D eigenvalue weighted by molar-refractivity contribution is -0.132. The van der Waals surface area contributed by atoms with Crippen LogP contribution in [0.5, 0.6) is 0 Å². The lowest BCUT2D eigenvalue weighted by atomic mass is 10.1. The highest BCUT2D eigenvalue weighted by molar-refractivity contribution is 5.82. The Morgan fingerprint density at radius 3 is 3.14 bits per heavy atom. The summed E-state index contributed by atoms with van der Waals surface area (Å²) in [5.41, 5.74) is 1.32. The Hall–Kier alpha value is -0.830. The van der Waals surface area contributed by atoms with Crippen LogP contribution in [0.25, 0.3) is 0 Å². The average molecular weight is 194 g/mol. The highest BCUT2D eigenvalue weighted by atomic mass is 16.2. The molecule has 0 spiro atoms. The molecule has 3 heteroatoms. The van der Waals surface area contributed by atoms with E-state index in [1.54, 1.807) is 0 Å². The fraction of sp³-hybridized carbons (Fsp3) is 0.727. The molecule has 1 amide bonds. The monoisotopic (exact) mass is 194 g/mol. The molecule has 1 saturated heterocycles. The number of carbonyl (C=O) groups is 1. The minimum atomic E-state index is 0.0981. The minimum absolute atomic E-state index is 0.0981. The first-order valence-electron chi connectivity index (χ1n) is 5.45. The number of hydrogen-bond donors (Lipinski definition) is 1. The molecular formula is C11H18N2O. The molecule has 2 heterocycles. The predicted octanol–water partition coefficient (Wildman–Crippen LogP) is 0.917. The Labute approximate surface area is 85.2 Å². The molecule has 1 unspecified atom stereocenters. The van der Waals surface area contributed by atoms with Crippen LogP contribution >= 0.6 is 0 Å². The summed E-state index contributed by atoms with van der Waals surface area (Å²) in [6.45, 7) is 4.83. The van der Waals surface area contributed by atoms with E-state index in [-0.39, 0.29) is 6.04 Å². The number of nitrogens with zero attached hydrogens (tertiary/aromatic N) is 1. The summed E-state index contributed by atoms with van der Waals surface area (Å²) in [5.74, 6) is 0.301. The third kappa shape index (κ3) is 1.98. The van der Waals surface area contributed by atoms with Crippen molar-refractivity contribution in [2.75, 3.05) is 19.6 Å².